The monoisotopic (exact) mass is 270 g/mol. The van der Waals surface area contributed by atoms with Gasteiger partial charge in [0.1, 0.15) is 0 Å². The van der Waals surface area contributed by atoms with Crippen molar-refractivity contribution in [2.45, 2.75) is 31.8 Å². The number of amides is 1. The molecule has 0 saturated heterocycles. The summed E-state index contributed by atoms with van der Waals surface area (Å²) in [6.07, 6.45) is 2.07. The van der Waals surface area contributed by atoms with E-state index in [9.17, 15) is 13.6 Å². The zero-order valence-electron chi connectivity index (χ0n) is 10.4. The minimum atomic E-state index is -0.803. The number of ether oxygens (including phenoxy) is 1. The normalized spacial score (nSPS) is 14.3. The van der Waals surface area contributed by atoms with Crippen LogP contribution in [-0.2, 0) is 11.3 Å². The molecule has 0 atom stereocenters. The van der Waals surface area contributed by atoms with Crippen LogP contribution >= 0.6 is 0 Å². The molecular weight excluding hydrogens is 254 g/mol. The zero-order chi connectivity index (χ0) is 13.8. The number of nitrogens with one attached hydrogen (secondary N) is 1. The van der Waals surface area contributed by atoms with Crippen LogP contribution in [0.5, 0.6) is 5.75 Å². The first-order valence-corrected chi connectivity index (χ1v) is 6.20. The van der Waals surface area contributed by atoms with Crippen LogP contribution in [0.25, 0.3) is 0 Å². The number of rotatable bonds is 6. The topological polar surface area (TPSA) is 64.3 Å². The Kier molecular flexibility index (Phi) is 4.31. The Morgan fingerprint density at radius 3 is 2.53 bits per heavy atom. The second kappa shape index (κ2) is 5.97. The van der Waals surface area contributed by atoms with Gasteiger partial charge in [-0.1, -0.05) is 0 Å². The standard InChI is InChI=1S/C13H16F2N2O2/c14-10-5-8(7-16)6-11(15)13(10)19-4-3-12(18)17-9-1-2-9/h5-6,9H,1-4,7,16H2,(H,17,18). The van der Waals surface area contributed by atoms with Crippen LogP contribution in [0.2, 0.25) is 0 Å². The average Bonchev–Trinajstić information content (AvgIpc) is 3.16. The van der Waals surface area contributed by atoms with Crippen LogP contribution in [0.4, 0.5) is 8.78 Å². The molecule has 1 saturated carbocycles. The third kappa shape index (κ3) is 3.89. The molecule has 0 aliphatic heterocycles. The Labute approximate surface area is 109 Å². The molecule has 3 N–H and O–H groups in total. The maximum Gasteiger partial charge on any atom is 0.223 e. The Balaban J connectivity index is 1.86. The molecule has 0 aromatic heterocycles. The van der Waals surface area contributed by atoms with E-state index in [0.29, 0.717) is 5.56 Å². The van der Waals surface area contributed by atoms with Crippen LogP contribution in [0.3, 0.4) is 0 Å². The van der Waals surface area contributed by atoms with Gasteiger partial charge < -0.3 is 15.8 Å². The highest BCUT2D eigenvalue weighted by Crippen LogP contribution is 2.23. The van der Waals surface area contributed by atoms with E-state index in [0.717, 1.165) is 25.0 Å². The van der Waals surface area contributed by atoms with Crippen molar-refractivity contribution in [2.24, 2.45) is 5.73 Å². The van der Waals surface area contributed by atoms with Crippen LogP contribution < -0.4 is 15.8 Å². The van der Waals surface area contributed by atoms with Crippen molar-refractivity contribution in [3.63, 3.8) is 0 Å². The highest BCUT2D eigenvalue weighted by molar-refractivity contribution is 5.76. The van der Waals surface area contributed by atoms with Crippen molar-refractivity contribution in [3.8, 4) is 5.75 Å². The lowest BCUT2D eigenvalue weighted by Gasteiger charge is -2.09. The highest BCUT2D eigenvalue weighted by Gasteiger charge is 2.23. The lowest BCUT2D eigenvalue weighted by atomic mass is 10.2. The number of carbonyl (C=O) groups excluding carboxylic acids is 1. The molecule has 4 nitrogen and oxygen atoms in total. The molecule has 1 amide bonds. The van der Waals surface area contributed by atoms with Crippen molar-refractivity contribution in [1.82, 2.24) is 5.32 Å². The molecule has 0 heterocycles. The van der Waals surface area contributed by atoms with Crippen LogP contribution in [0.15, 0.2) is 12.1 Å². The first-order valence-electron chi connectivity index (χ1n) is 6.20. The summed E-state index contributed by atoms with van der Waals surface area (Å²) >= 11 is 0. The van der Waals surface area contributed by atoms with Gasteiger partial charge in [-0.2, -0.15) is 0 Å². The molecule has 1 aliphatic carbocycles. The molecule has 1 aromatic rings. The Morgan fingerprint density at radius 2 is 2.00 bits per heavy atom. The summed E-state index contributed by atoms with van der Waals surface area (Å²) in [4.78, 5) is 11.4. The Morgan fingerprint density at radius 1 is 1.37 bits per heavy atom. The first-order chi connectivity index (χ1) is 9.10. The van der Waals surface area contributed by atoms with E-state index < -0.39 is 17.4 Å². The van der Waals surface area contributed by atoms with E-state index in [-0.39, 0.29) is 31.5 Å². The number of carbonyl (C=O) groups is 1. The number of nitrogens with two attached hydrogens (primary N) is 1. The first kappa shape index (κ1) is 13.7. The largest absolute Gasteiger partial charge is 0.487 e. The van der Waals surface area contributed by atoms with E-state index >= 15 is 0 Å². The molecule has 1 aromatic carbocycles. The fraction of sp³-hybridized carbons (Fsp3) is 0.462. The predicted octanol–water partition coefficient (Wildman–Crippen LogP) is 1.47. The van der Waals surface area contributed by atoms with Gasteiger partial charge in [0.25, 0.3) is 0 Å². The number of benzene rings is 1. The minimum absolute atomic E-state index is 0.0535. The van der Waals surface area contributed by atoms with Crippen LogP contribution in [0, 0.1) is 11.6 Å². The SMILES string of the molecule is NCc1cc(F)c(OCCC(=O)NC2CC2)c(F)c1. The summed E-state index contributed by atoms with van der Waals surface area (Å²) in [5.41, 5.74) is 5.66. The Hall–Kier alpha value is -1.69. The van der Waals surface area contributed by atoms with Gasteiger partial charge in [0.15, 0.2) is 17.4 Å². The maximum atomic E-state index is 13.5. The smallest absolute Gasteiger partial charge is 0.223 e. The molecule has 19 heavy (non-hydrogen) atoms. The summed E-state index contributed by atoms with van der Waals surface area (Å²) < 4.78 is 32.0. The quantitative estimate of drug-likeness (QED) is 0.822. The molecule has 0 spiro atoms. The second-order valence-corrected chi connectivity index (χ2v) is 4.53. The third-order valence-corrected chi connectivity index (χ3v) is 2.81. The third-order valence-electron chi connectivity index (χ3n) is 2.81. The van der Waals surface area contributed by atoms with Gasteiger partial charge in [0.2, 0.25) is 5.91 Å². The molecule has 1 fully saturated rings. The number of halogens is 2. The molecule has 6 heteroatoms. The van der Waals surface area contributed by atoms with Gasteiger partial charge in [-0.05, 0) is 30.5 Å². The fourth-order valence-corrected chi connectivity index (χ4v) is 1.64. The summed E-state index contributed by atoms with van der Waals surface area (Å²) in [5.74, 6) is -2.23. The van der Waals surface area contributed by atoms with Crippen molar-refractivity contribution in [1.29, 1.82) is 0 Å². The van der Waals surface area contributed by atoms with Gasteiger partial charge in [0.05, 0.1) is 13.0 Å². The van der Waals surface area contributed by atoms with E-state index in [1.165, 1.54) is 0 Å². The van der Waals surface area contributed by atoms with Crippen molar-refractivity contribution in [2.75, 3.05) is 6.61 Å². The number of hydrogen-bond donors (Lipinski definition) is 2. The Bertz CT molecular complexity index is 453. The molecule has 104 valence electrons. The van der Waals surface area contributed by atoms with Crippen molar-refractivity contribution in [3.05, 3.63) is 29.3 Å². The van der Waals surface area contributed by atoms with E-state index in [2.05, 4.69) is 5.32 Å². The summed E-state index contributed by atoms with van der Waals surface area (Å²) in [6.45, 7) is -0.00766. The lowest BCUT2D eigenvalue weighted by molar-refractivity contribution is -0.121. The predicted molar refractivity (Wildman–Crippen MR) is 65.5 cm³/mol. The molecule has 2 rings (SSSR count). The van der Waals surface area contributed by atoms with Crippen LogP contribution in [-0.4, -0.2) is 18.6 Å². The van der Waals surface area contributed by atoms with Gasteiger partial charge in [0, 0.05) is 12.6 Å². The highest BCUT2D eigenvalue weighted by atomic mass is 19.1. The van der Waals surface area contributed by atoms with E-state index in [1.54, 1.807) is 0 Å². The molecular formula is C13H16F2N2O2. The summed E-state index contributed by atoms with van der Waals surface area (Å²) in [5, 5.41) is 2.76. The van der Waals surface area contributed by atoms with E-state index in [4.69, 9.17) is 10.5 Å². The van der Waals surface area contributed by atoms with Gasteiger partial charge in [-0.3, -0.25) is 4.79 Å². The van der Waals surface area contributed by atoms with Crippen molar-refractivity contribution < 1.29 is 18.3 Å². The maximum absolute atomic E-state index is 13.5. The van der Waals surface area contributed by atoms with Gasteiger partial charge in [-0.15, -0.1) is 0 Å². The summed E-state index contributed by atoms with van der Waals surface area (Å²) in [6, 6.07) is 2.52. The summed E-state index contributed by atoms with van der Waals surface area (Å²) in [7, 11) is 0. The molecule has 0 unspecified atom stereocenters. The van der Waals surface area contributed by atoms with Crippen LogP contribution in [0.1, 0.15) is 24.8 Å². The molecule has 0 bridgehead atoms. The lowest BCUT2D eigenvalue weighted by Crippen LogP contribution is -2.26. The van der Waals surface area contributed by atoms with Crippen molar-refractivity contribution >= 4 is 5.91 Å². The fourth-order valence-electron chi connectivity index (χ4n) is 1.64. The minimum Gasteiger partial charge on any atom is -0.487 e. The second-order valence-electron chi connectivity index (χ2n) is 4.53. The zero-order valence-corrected chi connectivity index (χ0v) is 10.4. The van der Waals surface area contributed by atoms with Gasteiger partial charge >= 0.3 is 0 Å². The number of hydrogen-bond acceptors (Lipinski definition) is 3. The molecule has 1 aliphatic rings. The van der Waals surface area contributed by atoms with Gasteiger partial charge in [-0.25, -0.2) is 8.78 Å². The van der Waals surface area contributed by atoms with E-state index in [1.807, 2.05) is 0 Å². The average molecular weight is 270 g/mol. The molecule has 0 radical (unpaired) electrons.